The van der Waals surface area contributed by atoms with Crippen molar-refractivity contribution in [2.75, 3.05) is 0 Å². The fraction of sp³-hybridized carbons (Fsp3) is 0. The Balaban J connectivity index is 2.14. The van der Waals surface area contributed by atoms with Gasteiger partial charge in [0.15, 0.2) is 5.58 Å². The van der Waals surface area contributed by atoms with E-state index in [-0.39, 0.29) is 5.56 Å². The van der Waals surface area contributed by atoms with Crippen molar-refractivity contribution in [3.05, 3.63) is 52.5 Å². The first-order chi connectivity index (χ1) is 9.13. The summed E-state index contributed by atoms with van der Waals surface area (Å²) in [5.41, 5.74) is 2.14. The number of carboxylic acids is 1. The summed E-state index contributed by atoms with van der Waals surface area (Å²) < 4.78 is 6.55. The van der Waals surface area contributed by atoms with E-state index in [0.717, 1.165) is 10.0 Å². The second kappa shape index (κ2) is 4.51. The van der Waals surface area contributed by atoms with Gasteiger partial charge in [0.1, 0.15) is 5.52 Å². The molecule has 0 saturated carbocycles. The van der Waals surface area contributed by atoms with Crippen molar-refractivity contribution in [2.24, 2.45) is 0 Å². The molecule has 19 heavy (non-hydrogen) atoms. The molecule has 1 N–H and O–H groups in total. The maximum absolute atomic E-state index is 10.9. The molecule has 3 rings (SSSR count). The van der Waals surface area contributed by atoms with Gasteiger partial charge in [-0.1, -0.05) is 22.0 Å². The van der Waals surface area contributed by atoms with Gasteiger partial charge < -0.3 is 9.52 Å². The van der Waals surface area contributed by atoms with Crippen molar-refractivity contribution in [3.8, 4) is 11.5 Å². The SMILES string of the molecule is O=C(O)c1ccc2oc(-c3cccc(Br)c3)nc2c1. The summed E-state index contributed by atoms with van der Waals surface area (Å²) in [6.07, 6.45) is 0. The van der Waals surface area contributed by atoms with Crippen molar-refractivity contribution in [1.29, 1.82) is 0 Å². The molecule has 0 fully saturated rings. The predicted molar refractivity (Wildman–Crippen MR) is 74.1 cm³/mol. The minimum Gasteiger partial charge on any atom is -0.478 e. The molecule has 1 aromatic heterocycles. The summed E-state index contributed by atoms with van der Waals surface area (Å²) in [6.45, 7) is 0. The molecule has 0 bridgehead atoms. The van der Waals surface area contributed by atoms with Crippen LogP contribution in [0.1, 0.15) is 10.4 Å². The Morgan fingerprint density at radius 3 is 2.79 bits per heavy atom. The number of oxazole rings is 1. The number of rotatable bonds is 2. The topological polar surface area (TPSA) is 63.3 Å². The third-order valence-electron chi connectivity index (χ3n) is 2.71. The highest BCUT2D eigenvalue weighted by atomic mass is 79.9. The number of nitrogens with zero attached hydrogens (tertiary/aromatic N) is 1. The van der Waals surface area contributed by atoms with E-state index in [2.05, 4.69) is 20.9 Å². The van der Waals surface area contributed by atoms with Crippen LogP contribution in [0.15, 0.2) is 51.4 Å². The van der Waals surface area contributed by atoms with E-state index in [9.17, 15) is 4.79 Å². The Bertz CT molecular complexity index is 779. The highest BCUT2D eigenvalue weighted by Gasteiger charge is 2.11. The summed E-state index contributed by atoms with van der Waals surface area (Å²) in [7, 11) is 0. The van der Waals surface area contributed by atoms with Crippen molar-refractivity contribution >= 4 is 33.0 Å². The molecule has 0 spiro atoms. The number of aromatic carboxylic acids is 1. The van der Waals surface area contributed by atoms with Crippen LogP contribution in [-0.4, -0.2) is 16.1 Å². The Hall–Kier alpha value is -2.14. The second-order valence-electron chi connectivity index (χ2n) is 4.02. The molecule has 2 aromatic carbocycles. The van der Waals surface area contributed by atoms with E-state index < -0.39 is 5.97 Å². The smallest absolute Gasteiger partial charge is 0.335 e. The summed E-state index contributed by atoms with van der Waals surface area (Å²) in [5.74, 6) is -0.507. The first-order valence-corrected chi connectivity index (χ1v) is 6.32. The van der Waals surface area contributed by atoms with E-state index >= 15 is 0 Å². The van der Waals surface area contributed by atoms with Crippen LogP contribution in [0.3, 0.4) is 0 Å². The van der Waals surface area contributed by atoms with Gasteiger partial charge in [0.2, 0.25) is 5.89 Å². The van der Waals surface area contributed by atoms with Gasteiger partial charge in [-0.2, -0.15) is 0 Å². The van der Waals surface area contributed by atoms with Gasteiger partial charge in [-0.25, -0.2) is 9.78 Å². The van der Waals surface area contributed by atoms with Crippen LogP contribution in [0.5, 0.6) is 0 Å². The second-order valence-corrected chi connectivity index (χ2v) is 4.93. The normalized spacial score (nSPS) is 10.8. The standard InChI is InChI=1S/C14H8BrNO3/c15-10-3-1-2-8(6-10)13-16-11-7-9(14(17)18)4-5-12(11)19-13/h1-7H,(H,17,18). The Kier molecular flexibility index (Phi) is 2.83. The minimum absolute atomic E-state index is 0.196. The zero-order valence-electron chi connectivity index (χ0n) is 9.63. The molecule has 1 heterocycles. The molecule has 3 aromatic rings. The van der Waals surface area contributed by atoms with Crippen LogP contribution in [0.2, 0.25) is 0 Å². The lowest BCUT2D eigenvalue weighted by Gasteiger charge is -1.94. The first-order valence-electron chi connectivity index (χ1n) is 5.53. The molecular formula is C14H8BrNO3. The highest BCUT2D eigenvalue weighted by Crippen LogP contribution is 2.26. The van der Waals surface area contributed by atoms with Crippen molar-refractivity contribution in [1.82, 2.24) is 4.98 Å². The average molecular weight is 318 g/mol. The molecule has 0 aliphatic carbocycles. The first kappa shape index (κ1) is 11.9. The number of carbonyl (C=O) groups is 1. The number of carboxylic acid groups (broad SMARTS) is 1. The Morgan fingerprint density at radius 1 is 1.21 bits per heavy atom. The number of halogens is 1. The predicted octanol–water partition coefficient (Wildman–Crippen LogP) is 3.96. The summed E-state index contributed by atoms with van der Waals surface area (Å²) in [4.78, 5) is 15.2. The van der Waals surface area contributed by atoms with E-state index in [1.807, 2.05) is 24.3 Å². The third-order valence-corrected chi connectivity index (χ3v) is 3.20. The molecule has 0 aliphatic heterocycles. The molecular weight excluding hydrogens is 310 g/mol. The third kappa shape index (κ3) is 2.24. The van der Waals surface area contributed by atoms with Gasteiger partial charge in [0.05, 0.1) is 5.56 Å². The average Bonchev–Trinajstić information content (AvgIpc) is 2.81. The van der Waals surface area contributed by atoms with Gasteiger partial charge >= 0.3 is 5.97 Å². The number of aromatic nitrogens is 1. The molecule has 0 amide bonds. The lowest BCUT2D eigenvalue weighted by molar-refractivity contribution is 0.0697. The number of benzene rings is 2. The van der Waals surface area contributed by atoms with Crippen molar-refractivity contribution in [2.45, 2.75) is 0 Å². The maximum Gasteiger partial charge on any atom is 0.335 e. The van der Waals surface area contributed by atoms with E-state index in [0.29, 0.717) is 17.0 Å². The summed E-state index contributed by atoms with van der Waals surface area (Å²) >= 11 is 3.39. The Labute approximate surface area is 116 Å². The Morgan fingerprint density at radius 2 is 2.05 bits per heavy atom. The monoisotopic (exact) mass is 317 g/mol. The van der Waals surface area contributed by atoms with Crippen LogP contribution in [0.4, 0.5) is 0 Å². The van der Waals surface area contributed by atoms with Crippen LogP contribution < -0.4 is 0 Å². The van der Waals surface area contributed by atoms with Gasteiger partial charge in [0, 0.05) is 10.0 Å². The van der Waals surface area contributed by atoms with Crippen LogP contribution >= 0.6 is 15.9 Å². The lowest BCUT2D eigenvalue weighted by Crippen LogP contribution is -1.94. The quantitative estimate of drug-likeness (QED) is 0.777. The molecule has 0 radical (unpaired) electrons. The fourth-order valence-electron chi connectivity index (χ4n) is 1.81. The van der Waals surface area contributed by atoms with Gasteiger partial charge in [-0.05, 0) is 36.4 Å². The van der Waals surface area contributed by atoms with Gasteiger partial charge in [-0.15, -0.1) is 0 Å². The van der Waals surface area contributed by atoms with E-state index in [4.69, 9.17) is 9.52 Å². The minimum atomic E-state index is -0.978. The number of hydrogen-bond donors (Lipinski definition) is 1. The molecule has 0 unspecified atom stereocenters. The van der Waals surface area contributed by atoms with Crippen LogP contribution in [-0.2, 0) is 0 Å². The van der Waals surface area contributed by atoms with E-state index in [1.54, 1.807) is 6.07 Å². The van der Waals surface area contributed by atoms with Crippen LogP contribution in [0, 0.1) is 0 Å². The summed E-state index contributed by atoms with van der Waals surface area (Å²) in [6, 6.07) is 12.2. The molecule has 5 heteroatoms. The lowest BCUT2D eigenvalue weighted by atomic mass is 10.2. The van der Waals surface area contributed by atoms with Gasteiger partial charge in [0.25, 0.3) is 0 Å². The number of fused-ring (bicyclic) bond motifs is 1. The molecule has 0 aliphatic rings. The zero-order valence-corrected chi connectivity index (χ0v) is 11.2. The van der Waals surface area contributed by atoms with Crippen molar-refractivity contribution < 1.29 is 14.3 Å². The number of hydrogen-bond acceptors (Lipinski definition) is 3. The van der Waals surface area contributed by atoms with E-state index in [1.165, 1.54) is 12.1 Å². The summed E-state index contributed by atoms with van der Waals surface area (Å²) in [5, 5.41) is 8.94. The van der Waals surface area contributed by atoms with Crippen molar-refractivity contribution in [3.63, 3.8) is 0 Å². The zero-order chi connectivity index (χ0) is 13.4. The molecule has 94 valence electrons. The fourth-order valence-corrected chi connectivity index (χ4v) is 2.20. The highest BCUT2D eigenvalue weighted by molar-refractivity contribution is 9.10. The van der Waals surface area contributed by atoms with Gasteiger partial charge in [-0.3, -0.25) is 0 Å². The van der Waals surface area contributed by atoms with Crippen LogP contribution in [0.25, 0.3) is 22.6 Å². The molecule has 4 nitrogen and oxygen atoms in total. The molecule has 0 atom stereocenters. The maximum atomic E-state index is 10.9. The largest absolute Gasteiger partial charge is 0.478 e. The molecule has 0 saturated heterocycles.